The number of likely N-dealkylation sites (tertiary alicyclic amines) is 1. The molecule has 0 N–H and O–H groups in total. The van der Waals surface area contributed by atoms with Crippen molar-refractivity contribution in [2.45, 2.75) is 26.0 Å². The summed E-state index contributed by atoms with van der Waals surface area (Å²) in [4.78, 5) is 18.4. The van der Waals surface area contributed by atoms with Gasteiger partial charge in [-0.3, -0.25) is 14.6 Å². The van der Waals surface area contributed by atoms with Gasteiger partial charge in [-0.25, -0.2) is 0 Å². The number of carbonyl (C=O) groups excluding carboxylic acids is 1. The fraction of sp³-hybridized carbons (Fsp3) is 0.650. The molecule has 138 valence electrons. The molecule has 0 aliphatic carbocycles. The minimum Gasteiger partial charge on any atom is -0.375 e. The van der Waals surface area contributed by atoms with Gasteiger partial charge in [0.05, 0.1) is 19.3 Å². The summed E-state index contributed by atoms with van der Waals surface area (Å²) in [5.41, 5.74) is 2.68. The van der Waals surface area contributed by atoms with Gasteiger partial charge in [0.15, 0.2) is 0 Å². The Morgan fingerprint density at radius 3 is 2.64 bits per heavy atom. The second kappa shape index (κ2) is 8.30. The van der Waals surface area contributed by atoms with Gasteiger partial charge < -0.3 is 9.64 Å². The molecule has 2 atom stereocenters. The van der Waals surface area contributed by atoms with Gasteiger partial charge in [-0.1, -0.05) is 29.8 Å². The van der Waals surface area contributed by atoms with E-state index in [1.54, 1.807) is 4.90 Å². The highest BCUT2D eigenvalue weighted by atomic mass is 16.5. The van der Waals surface area contributed by atoms with E-state index in [-0.39, 0.29) is 5.91 Å². The molecule has 3 rings (SSSR count). The Morgan fingerprint density at radius 1 is 1.16 bits per heavy atom. The van der Waals surface area contributed by atoms with Gasteiger partial charge in [0.25, 0.3) is 0 Å². The van der Waals surface area contributed by atoms with E-state index >= 15 is 0 Å². The van der Waals surface area contributed by atoms with Crippen molar-refractivity contribution < 1.29 is 9.53 Å². The minimum absolute atomic E-state index is 0.176. The first-order valence-electron chi connectivity index (χ1n) is 9.33. The maximum atomic E-state index is 12.0. The second-order valence-corrected chi connectivity index (χ2v) is 7.70. The first-order chi connectivity index (χ1) is 12.0. The Morgan fingerprint density at radius 2 is 1.92 bits per heavy atom. The molecule has 25 heavy (non-hydrogen) atoms. The van der Waals surface area contributed by atoms with Crippen LogP contribution in [-0.4, -0.2) is 80.1 Å². The average molecular weight is 345 g/mol. The molecule has 1 amide bonds. The molecule has 2 fully saturated rings. The molecule has 1 aromatic carbocycles. The first-order valence-corrected chi connectivity index (χ1v) is 9.33. The number of hydrogen-bond acceptors (Lipinski definition) is 4. The number of aryl methyl sites for hydroxylation is 1. The molecule has 0 spiro atoms. The lowest BCUT2D eigenvalue weighted by Gasteiger charge is -2.38. The zero-order valence-electron chi connectivity index (χ0n) is 15.8. The molecule has 0 unspecified atom stereocenters. The molecule has 2 aliphatic heterocycles. The van der Waals surface area contributed by atoms with Gasteiger partial charge in [-0.15, -0.1) is 0 Å². The molecule has 2 aliphatic rings. The third kappa shape index (κ3) is 5.03. The first kappa shape index (κ1) is 18.4. The molecule has 0 radical (unpaired) electrons. The number of ether oxygens (including phenoxy) is 1. The predicted molar refractivity (Wildman–Crippen MR) is 99.4 cm³/mol. The third-order valence-corrected chi connectivity index (χ3v) is 5.40. The van der Waals surface area contributed by atoms with E-state index in [1.807, 2.05) is 14.1 Å². The van der Waals surface area contributed by atoms with Crippen LogP contribution in [0.5, 0.6) is 0 Å². The number of fused-ring (bicyclic) bond motifs is 1. The van der Waals surface area contributed by atoms with Gasteiger partial charge >= 0.3 is 0 Å². The predicted octanol–water partition coefficient (Wildman–Crippen LogP) is 1.61. The topological polar surface area (TPSA) is 36.0 Å². The molecule has 5 nitrogen and oxygen atoms in total. The van der Waals surface area contributed by atoms with Crippen LogP contribution in [0.1, 0.15) is 17.5 Å². The summed E-state index contributed by atoms with van der Waals surface area (Å²) < 4.78 is 6.16. The zero-order valence-corrected chi connectivity index (χ0v) is 15.8. The van der Waals surface area contributed by atoms with Crippen molar-refractivity contribution in [3.8, 4) is 0 Å². The SMILES string of the molecule is Cc1ccc(CN2CC[C@H]3CN(CC(=O)N(C)C)CCO[C@H]3C2)cc1. The lowest BCUT2D eigenvalue weighted by Crippen LogP contribution is -2.47. The Balaban J connectivity index is 1.54. The number of rotatable bonds is 4. The maximum absolute atomic E-state index is 12.0. The molecular formula is C20H31N3O2. The van der Waals surface area contributed by atoms with Crippen LogP contribution in [0.25, 0.3) is 0 Å². The molecule has 5 heteroatoms. The normalized spacial score (nSPS) is 25.2. The summed E-state index contributed by atoms with van der Waals surface area (Å²) in [6.07, 6.45) is 1.43. The van der Waals surface area contributed by atoms with E-state index in [4.69, 9.17) is 4.74 Å². The quantitative estimate of drug-likeness (QED) is 0.831. The number of amides is 1. The van der Waals surface area contributed by atoms with Crippen LogP contribution in [0.2, 0.25) is 0 Å². The largest absolute Gasteiger partial charge is 0.375 e. The van der Waals surface area contributed by atoms with E-state index < -0.39 is 0 Å². The van der Waals surface area contributed by atoms with Crippen LogP contribution >= 0.6 is 0 Å². The molecule has 0 saturated carbocycles. The van der Waals surface area contributed by atoms with E-state index in [1.165, 1.54) is 11.1 Å². The Kier molecular flexibility index (Phi) is 6.10. The van der Waals surface area contributed by atoms with Crippen molar-refractivity contribution in [3.05, 3.63) is 35.4 Å². The van der Waals surface area contributed by atoms with Gasteiger partial charge in [0.2, 0.25) is 5.91 Å². The zero-order chi connectivity index (χ0) is 17.8. The van der Waals surface area contributed by atoms with Crippen LogP contribution in [0.15, 0.2) is 24.3 Å². The van der Waals surface area contributed by atoms with Gasteiger partial charge in [-0.2, -0.15) is 0 Å². The van der Waals surface area contributed by atoms with Crippen LogP contribution < -0.4 is 0 Å². The van der Waals surface area contributed by atoms with Crippen molar-refractivity contribution in [1.29, 1.82) is 0 Å². The minimum atomic E-state index is 0.176. The monoisotopic (exact) mass is 345 g/mol. The Bertz CT molecular complexity index is 573. The van der Waals surface area contributed by atoms with Crippen LogP contribution in [0.4, 0.5) is 0 Å². The number of likely N-dealkylation sites (N-methyl/N-ethyl adjacent to an activating group) is 1. The van der Waals surface area contributed by atoms with Gasteiger partial charge in [0, 0.05) is 46.2 Å². The number of nitrogens with zero attached hydrogens (tertiary/aromatic N) is 3. The highest BCUT2D eigenvalue weighted by molar-refractivity contribution is 5.77. The Hall–Kier alpha value is -1.43. The fourth-order valence-electron chi connectivity index (χ4n) is 3.75. The van der Waals surface area contributed by atoms with Crippen LogP contribution in [0, 0.1) is 12.8 Å². The number of hydrogen-bond donors (Lipinski definition) is 0. The smallest absolute Gasteiger partial charge is 0.236 e. The van der Waals surface area contributed by atoms with Gasteiger partial charge in [-0.05, 0) is 25.5 Å². The van der Waals surface area contributed by atoms with E-state index in [9.17, 15) is 4.79 Å². The fourth-order valence-corrected chi connectivity index (χ4v) is 3.75. The molecule has 0 bridgehead atoms. The summed E-state index contributed by atoms with van der Waals surface area (Å²) >= 11 is 0. The van der Waals surface area contributed by atoms with Gasteiger partial charge in [0.1, 0.15) is 0 Å². The van der Waals surface area contributed by atoms with Crippen molar-refractivity contribution in [1.82, 2.24) is 14.7 Å². The van der Waals surface area contributed by atoms with Crippen LogP contribution in [-0.2, 0) is 16.1 Å². The summed E-state index contributed by atoms with van der Waals surface area (Å²) in [6.45, 7) is 8.28. The van der Waals surface area contributed by atoms with E-state index in [0.29, 0.717) is 18.6 Å². The molecule has 0 aromatic heterocycles. The summed E-state index contributed by atoms with van der Waals surface area (Å²) in [5.74, 6) is 0.710. The highest BCUT2D eigenvalue weighted by Crippen LogP contribution is 2.25. The van der Waals surface area contributed by atoms with Crippen molar-refractivity contribution in [2.24, 2.45) is 5.92 Å². The molecular weight excluding hydrogens is 314 g/mol. The molecule has 2 heterocycles. The standard InChI is InChI=1S/C20H31N3O2/c1-16-4-6-17(7-5-16)12-22-9-8-18-13-23(15-20(24)21(2)3)10-11-25-19(18)14-22/h4-7,18-19H,8-15H2,1-3H3/t18-,19-/m0/s1. The lowest BCUT2D eigenvalue weighted by molar-refractivity contribution is -0.130. The third-order valence-electron chi connectivity index (χ3n) is 5.40. The second-order valence-electron chi connectivity index (χ2n) is 7.70. The maximum Gasteiger partial charge on any atom is 0.236 e. The highest BCUT2D eigenvalue weighted by Gasteiger charge is 2.33. The Labute approximate surface area is 151 Å². The molecule has 2 saturated heterocycles. The van der Waals surface area contributed by atoms with E-state index in [2.05, 4.69) is 41.0 Å². The average Bonchev–Trinajstić information content (AvgIpc) is 2.78. The van der Waals surface area contributed by atoms with Crippen molar-refractivity contribution in [3.63, 3.8) is 0 Å². The number of benzene rings is 1. The molecule has 1 aromatic rings. The summed E-state index contributed by atoms with van der Waals surface area (Å²) in [7, 11) is 3.64. The number of piperidine rings is 1. The van der Waals surface area contributed by atoms with Crippen molar-refractivity contribution in [2.75, 3.05) is 53.4 Å². The summed E-state index contributed by atoms with van der Waals surface area (Å²) in [5, 5.41) is 0. The van der Waals surface area contributed by atoms with Crippen LogP contribution in [0.3, 0.4) is 0 Å². The van der Waals surface area contributed by atoms with Crippen molar-refractivity contribution >= 4 is 5.91 Å². The summed E-state index contributed by atoms with van der Waals surface area (Å²) in [6, 6.07) is 8.82. The number of carbonyl (C=O) groups is 1. The van der Waals surface area contributed by atoms with E-state index in [0.717, 1.165) is 45.8 Å². The lowest BCUT2D eigenvalue weighted by atomic mass is 9.93.